The van der Waals surface area contributed by atoms with Gasteiger partial charge in [-0.1, -0.05) is 6.92 Å². The molecule has 1 atom stereocenters. The lowest BCUT2D eigenvalue weighted by Crippen LogP contribution is -2.43. The second kappa shape index (κ2) is 5.52. The van der Waals surface area contributed by atoms with Crippen LogP contribution >= 0.6 is 0 Å². The molecule has 0 unspecified atom stereocenters. The molecule has 2 rings (SSSR count). The molecule has 18 heavy (non-hydrogen) atoms. The van der Waals surface area contributed by atoms with Gasteiger partial charge in [-0.25, -0.2) is 0 Å². The third kappa shape index (κ3) is 2.72. The number of amides is 1. The summed E-state index contributed by atoms with van der Waals surface area (Å²) in [5, 5.41) is 7.45. The highest BCUT2D eigenvalue weighted by molar-refractivity contribution is 5.81. The van der Waals surface area contributed by atoms with Crippen LogP contribution in [0.15, 0.2) is 6.20 Å². The van der Waals surface area contributed by atoms with Crippen LogP contribution in [0, 0.1) is 6.92 Å². The van der Waals surface area contributed by atoms with Gasteiger partial charge < -0.3 is 5.32 Å². The minimum absolute atomic E-state index is 0.0195. The summed E-state index contributed by atoms with van der Waals surface area (Å²) in [6.45, 7) is 6.63. The van der Waals surface area contributed by atoms with Gasteiger partial charge in [-0.15, -0.1) is 0 Å². The standard InChI is InChI=1S/C13H22N4O/c1-4-12-13(18)14-6-5-7-17(12)9-11-10(2)8-16(3)15-11/h8,12H,4-7,9H2,1-3H3,(H,14,18)/t12-/m1/s1. The number of nitrogens with one attached hydrogen (secondary N) is 1. The number of aromatic nitrogens is 2. The average molecular weight is 250 g/mol. The van der Waals surface area contributed by atoms with Crippen LogP contribution in [0.1, 0.15) is 31.0 Å². The fraction of sp³-hybridized carbons (Fsp3) is 0.692. The van der Waals surface area contributed by atoms with Gasteiger partial charge in [-0.2, -0.15) is 5.10 Å². The van der Waals surface area contributed by atoms with Crippen molar-refractivity contribution in [1.82, 2.24) is 20.0 Å². The summed E-state index contributed by atoms with van der Waals surface area (Å²) in [4.78, 5) is 14.2. The first kappa shape index (κ1) is 13.1. The van der Waals surface area contributed by atoms with E-state index in [-0.39, 0.29) is 11.9 Å². The van der Waals surface area contributed by atoms with Crippen molar-refractivity contribution < 1.29 is 4.79 Å². The van der Waals surface area contributed by atoms with Crippen LogP contribution in [0.4, 0.5) is 0 Å². The minimum Gasteiger partial charge on any atom is -0.355 e. The van der Waals surface area contributed by atoms with Crippen LogP contribution in [-0.2, 0) is 18.4 Å². The molecule has 0 bridgehead atoms. The van der Waals surface area contributed by atoms with Gasteiger partial charge in [-0.05, 0) is 25.3 Å². The summed E-state index contributed by atoms with van der Waals surface area (Å²) in [6, 6.07) is -0.0195. The molecule has 1 fully saturated rings. The molecule has 0 aliphatic carbocycles. The van der Waals surface area contributed by atoms with E-state index in [0.717, 1.165) is 38.2 Å². The first-order valence-electron chi connectivity index (χ1n) is 6.62. The van der Waals surface area contributed by atoms with Crippen LogP contribution in [0.2, 0.25) is 0 Å². The number of carbonyl (C=O) groups excluding carboxylic acids is 1. The Balaban J connectivity index is 2.14. The molecule has 1 amide bonds. The van der Waals surface area contributed by atoms with Crippen LogP contribution in [0.5, 0.6) is 0 Å². The molecule has 5 nitrogen and oxygen atoms in total. The molecule has 1 aromatic rings. The van der Waals surface area contributed by atoms with Crippen LogP contribution in [0.25, 0.3) is 0 Å². The molecule has 5 heteroatoms. The van der Waals surface area contributed by atoms with E-state index in [4.69, 9.17) is 0 Å². The number of hydrogen-bond acceptors (Lipinski definition) is 3. The summed E-state index contributed by atoms with van der Waals surface area (Å²) in [6.07, 6.45) is 3.88. The summed E-state index contributed by atoms with van der Waals surface area (Å²) < 4.78 is 1.84. The van der Waals surface area contributed by atoms with Crippen molar-refractivity contribution in [2.45, 2.75) is 39.3 Å². The molecule has 1 aliphatic rings. The molecule has 0 spiro atoms. The second-order valence-electron chi connectivity index (χ2n) is 4.97. The van der Waals surface area contributed by atoms with E-state index in [9.17, 15) is 4.79 Å². The van der Waals surface area contributed by atoms with Gasteiger partial charge in [0.2, 0.25) is 5.91 Å². The number of aryl methyl sites for hydroxylation is 2. The van der Waals surface area contributed by atoms with E-state index in [1.807, 2.05) is 17.9 Å². The van der Waals surface area contributed by atoms with Crippen molar-refractivity contribution >= 4 is 5.91 Å². The maximum absolute atomic E-state index is 12.0. The highest BCUT2D eigenvalue weighted by Crippen LogP contribution is 2.15. The topological polar surface area (TPSA) is 50.2 Å². The molecule has 100 valence electrons. The van der Waals surface area contributed by atoms with E-state index in [0.29, 0.717) is 0 Å². The minimum atomic E-state index is -0.0195. The van der Waals surface area contributed by atoms with E-state index >= 15 is 0 Å². The van der Waals surface area contributed by atoms with Crippen molar-refractivity contribution in [3.05, 3.63) is 17.5 Å². The number of nitrogens with zero attached hydrogens (tertiary/aromatic N) is 3. The lowest BCUT2D eigenvalue weighted by Gasteiger charge is -2.26. The smallest absolute Gasteiger partial charge is 0.237 e. The SMILES string of the molecule is CC[C@@H]1C(=O)NCCCN1Cc1nn(C)cc1C. The highest BCUT2D eigenvalue weighted by Gasteiger charge is 2.27. The van der Waals surface area contributed by atoms with Crippen LogP contribution in [0.3, 0.4) is 0 Å². The molecule has 2 heterocycles. The maximum atomic E-state index is 12.0. The van der Waals surface area contributed by atoms with Crippen molar-refractivity contribution in [3.63, 3.8) is 0 Å². The van der Waals surface area contributed by atoms with Gasteiger partial charge >= 0.3 is 0 Å². The number of carbonyl (C=O) groups is 1. The first-order valence-corrected chi connectivity index (χ1v) is 6.62. The van der Waals surface area contributed by atoms with Gasteiger partial charge in [0.15, 0.2) is 0 Å². The lowest BCUT2D eigenvalue weighted by molar-refractivity contribution is -0.125. The second-order valence-corrected chi connectivity index (χ2v) is 4.97. The Morgan fingerprint density at radius 1 is 1.56 bits per heavy atom. The van der Waals surface area contributed by atoms with Crippen molar-refractivity contribution in [2.75, 3.05) is 13.1 Å². The van der Waals surface area contributed by atoms with Gasteiger partial charge in [0, 0.05) is 32.9 Å². The van der Waals surface area contributed by atoms with E-state index in [2.05, 4.69) is 29.2 Å². The fourth-order valence-corrected chi connectivity index (χ4v) is 2.57. The van der Waals surface area contributed by atoms with E-state index < -0.39 is 0 Å². The predicted octanol–water partition coefficient (Wildman–Crippen LogP) is 0.829. The van der Waals surface area contributed by atoms with Gasteiger partial charge in [0.25, 0.3) is 0 Å². The summed E-state index contributed by atoms with van der Waals surface area (Å²) in [5.74, 6) is 0.156. The van der Waals surface area contributed by atoms with Crippen molar-refractivity contribution in [3.8, 4) is 0 Å². The Hall–Kier alpha value is -1.36. The Morgan fingerprint density at radius 3 is 2.94 bits per heavy atom. The van der Waals surface area contributed by atoms with E-state index in [1.54, 1.807) is 0 Å². The highest BCUT2D eigenvalue weighted by atomic mass is 16.2. The summed E-state index contributed by atoms with van der Waals surface area (Å²) in [7, 11) is 1.93. The first-order chi connectivity index (χ1) is 8.61. The van der Waals surface area contributed by atoms with Gasteiger partial charge in [-0.3, -0.25) is 14.4 Å². The molecular formula is C13H22N4O. The summed E-state index contributed by atoms with van der Waals surface area (Å²) >= 11 is 0. The molecule has 1 N–H and O–H groups in total. The van der Waals surface area contributed by atoms with Crippen molar-refractivity contribution in [2.24, 2.45) is 7.05 Å². The Bertz CT molecular complexity index is 427. The molecule has 0 aromatic carbocycles. The van der Waals surface area contributed by atoms with Crippen LogP contribution in [-0.4, -0.2) is 39.7 Å². The van der Waals surface area contributed by atoms with Gasteiger partial charge in [0.1, 0.15) is 0 Å². The quantitative estimate of drug-likeness (QED) is 0.864. The largest absolute Gasteiger partial charge is 0.355 e. The summed E-state index contributed by atoms with van der Waals surface area (Å²) in [5.41, 5.74) is 2.27. The van der Waals surface area contributed by atoms with E-state index in [1.165, 1.54) is 5.56 Å². The fourth-order valence-electron chi connectivity index (χ4n) is 2.57. The molecule has 0 radical (unpaired) electrons. The lowest BCUT2D eigenvalue weighted by atomic mass is 10.1. The number of rotatable bonds is 3. The normalized spacial score (nSPS) is 21.7. The average Bonchev–Trinajstić information content (AvgIpc) is 2.54. The molecule has 0 saturated carbocycles. The van der Waals surface area contributed by atoms with Gasteiger partial charge in [0.05, 0.1) is 11.7 Å². The monoisotopic (exact) mass is 250 g/mol. The molecule has 1 aromatic heterocycles. The zero-order chi connectivity index (χ0) is 13.1. The Morgan fingerprint density at radius 2 is 2.33 bits per heavy atom. The molecule has 1 saturated heterocycles. The predicted molar refractivity (Wildman–Crippen MR) is 70.1 cm³/mol. The zero-order valence-corrected chi connectivity index (χ0v) is 11.4. The third-order valence-electron chi connectivity index (χ3n) is 3.52. The Labute approximate surface area is 108 Å². The Kier molecular flexibility index (Phi) is 4.01. The molecule has 1 aliphatic heterocycles. The number of hydrogen-bond donors (Lipinski definition) is 1. The van der Waals surface area contributed by atoms with Crippen LogP contribution < -0.4 is 5.32 Å². The zero-order valence-electron chi connectivity index (χ0n) is 11.4. The maximum Gasteiger partial charge on any atom is 0.237 e. The molecular weight excluding hydrogens is 228 g/mol. The van der Waals surface area contributed by atoms with Crippen molar-refractivity contribution in [1.29, 1.82) is 0 Å². The third-order valence-corrected chi connectivity index (χ3v) is 3.52.